The number of anilines is 3. The van der Waals surface area contributed by atoms with E-state index in [-0.39, 0.29) is 11.4 Å². The Hall–Kier alpha value is -3.35. The second-order valence-corrected chi connectivity index (χ2v) is 5.44. The molecule has 0 atom stereocenters. The van der Waals surface area contributed by atoms with Crippen LogP contribution in [0.2, 0.25) is 0 Å². The third kappa shape index (κ3) is 3.83. The molecule has 1 aromatic heterocycles. The standard InChI is InChI=1S/C19H16F2N4O/c1-2-25(14-6-4-3-5-7-14)18-11-10-17(23-24-18)22-19(26)13-8-9-15(20)16(21)12-13/h3-12H,2H2,1H3,(H,22,23,26). The number of hydrogen-bond donors (Lipinski definition) is 1. The Kier molecular flexibility index (Phi) is 5.17. The Labute approximate surface area is 149 Å². The molecule has 0 aliphatic heterocycles. The molecule has 0 saturated heterocycles. The van der Waals surface area contributed by atoms with Crippen LogP contribution < -0.4 is 10.2 Å². The second-order valence-electron chi connectivity index (χ2n) is 5.44. The van der Waals surface area contributed by atoms with Crippen LogP contribution in [-0.4, -0.2) is 22.6 Å². The number of benzene rings is 2. The minimum absolute atomic E-state index is 0.00533. The summed E-state index contributed by atoms with van der Waals surface area (Å²) in [6, 6.07) is 16.0. The number of carbonyl (C=O) groups excluding carboxylic acids is 1. The fourth-order valence-corrected chi connectivity index (χ4v) is 2.45. The van der Waals surface area contributed by atoms with E-state index in [1.807, 2.05) is 42.2 Å². The summed E-state index contributed by atoms with van der Waals surface area (Å²) in [5, 5.41) is 10.6. The van der Waals surface area contributed by atoms with E-state index in [2.05, 4.69) is 15.5 Å². The van der Waals surface area contributed by atoms with Gasteiger partial charge >= 0.3 is 0 Å². The highest BCUT2D eigenvalue weighted by molar-refractivity contribution is 6.03. The van der Waals surface area contributed by atoms with Gasteiger partial charge in [0.2, 0.25) is 0 Å². The van der Waals surface area contributed by atoms with Crippen LogP contribution in [0.3, 0.4) is 0 Å². The molecule has 1 N–H and O–H groups in total. The number of hydrogen-bond acceptors (Lipinski definition) is 4. The van der Waals surface area contributed by atoms with Crippen LogP contribution in [0, 0.1) is 11.6 Å². The molecule has 3 rings (SSSR count). The first-order chi connectivity index (χ1) is 12.6. The van der Waals surface area contributed by atoms with Crippen molar-refractivity contribution in [3.8, 4) is 0 Å². The highest BCUT2D eigenvalue weighted by Crippen LogP contribution is 2.22. The van der Waals surface area contributed by atoms with Crippen molar-refractivity contribution in [2.24, 2.45) is 0 Å². The van der Waals surface area contributed by atoms with Gasteiger partial charge in [-0.2, -0.15) is 0 Å². The predicted octanol–water partition coefficient (Wildman–Crippen LogP) is 4.17. The van der Waals surface area contributed by atoms with Gasteiger partial charge in [0.25, 0.3) is 5.91 Å². The Morgan fingerprint density at radius 1 is 1.00 bits per heavy atom. The Bertz CT molecular complexity index is 901. The highest BCUT2D eigenvalue weighted by Gasteiger charge is 2.12. The van der Waals surface area contributed by atoms with Crippen molar-refractivity contribution in [3.63, 3.8) is 0 Å². The summed E-state index contributed by atoms with van der Waals surface area (Å²) < 4.78 is 26.2. The molecule has 0 bridgehead atoms. The minimum Gasteiger partial charge on any atom is -0.325 e. The molecule has 1 heterocycles. The predicted molar refractivity (Wildman–Crippen MR) is 95.5 cm³/mol. The van der Waals surface area contributed by atoms with Crippen LogP contribution in [0.15, 0.2) is 60.7 Å². The van der Waals surface area contributed by atoms with Crippen molar-refractivity contribution >= 4 is 23.2 Å². The van der Waals surface area contributed by atoms with Gasteiger partial charge in [-0.05, 0) is 49.4 Å². The van der Waals surface area contributed by atoms with Crippen LogP contribution in [0.4, 0.5) is 26.1 Å². The zero-order chi connectivity index (χ0) is 18.5. The van der Waals surface area contributed by atoms with Gasteiger partial charge in [-0.3, -0.25) is 4.79 Å². The molecular weight excluding hydrogens is 338 g/mol. The number of nitrogens with one attached hydrogen (secondary N) is 1. The molecule has 0 unspecified atom stereocenters. The average molecular weight is 354 g/mol. The van der Waals surface area contributed by atoms with Crippen molar-refractivity contribution in [1.82, 2.24) is 10.2 Å². The van der Waals surface area contributed by atoms with E-state index in [0.29, 0.717) is 12.4 Å². The molecule has 0 aliphatic carbocycles. The number of rotatable bonds is 5. The summed E-state index contributed by atoms with van der Waals surface area (Å²) in [6.07, 6.45) is 0. The normalized spacial score (nSPS) is 10.4. The van der Waals surface area contributed by atoms with Gasteiger partial charge in [-0.15, -0.1) is 10.2 Å². The van der Waals surface area contributed by atoms with Crippen LogP contribution in [0.25, 0.3) is 0 Å². The summed E-state index contributed by atoms with van der Waals surface area (Å²) >= 11 is 0. The number of halogens is 2. The van der Waals surface area contributed by atoms with Gasteiger partial charge in [0.05, 0.1) is 0 Å². The lowest BCUT2D eigenvalue weighted by molar-refractivity contribution is 0.102. The number of nitrogens with zero attached hydrogens (tertiary/aromatic N) is 3. The maximum absolute atomic E-state index is 13.2. The zero-order valence-electron chi connectivity index (χ0n) is 14.0. The first kappa shape index (κ1) is 17.5. The summed E-state index contributed by atoms with van der Waals surface area (Å²) in [6.45, 7) is 2.69. The van der Waals surface area contributed by atoms with E-state index in [1.165, 1.54) is 6.07 Å². The maximum atomic E-state index is 13.2. The Morgan fingerprint density at radius 2 is 1.77 bits per heavy atom. The fourth-order valence-electron chi connectivity index (χ4n) is 2.45. The van der Waals surface area contributed by atoms with Crippen LogP contribution >= 0.6 is 0 Å². The second kappa shape index (κ2) is 7.69. The summed E-state index contributed by atoms with van der Waals surface area (Å²) in [5.74, 6) is -1.84. The SMILES string of the molecule is CCN(c1ccccc1)c1ccc(NC(=O)c2ccc(F)c(F)c2)nn1. The van der Waals surface area contributed by atoms with Crippen molar-refractivity contribution < 1.29 is 13.6 Å². The smallest absolute Gasteiger partial charge is 0.256 e. The summed E-state index contributed by atoms with van der Waals surface area (Å²) in [7, 11) is 0. The molecule has 132 valence electrons. The fraction of sp³-hybridized carbons (Fsp3) is 0.105. The molecule has 1 amide bonds. The third-order valence-electron chi connectivity index (χ3n) is 3.73. The van der Waals surface area contributed by atoms with Crippen molar-refractivity contribution in [1.29, 1.82) is 0 Å². The van der Waals surface area contributed by atoms with Gasteiger partial charge < -0.3 is 10.2 Å². The quantitative estimate of drug-likeness (QED) is 0.747. The summed E-state index contributed by atoms with van der Waals surface area (Å²) in [4.78, 5) is 14.1. The molecular formula is C19H16F2N4O. The number of amides is 1. The van der Waals surface area contributed by atoms with E-state index < -0.39 is 17.5 Å². The van der Waals surface area contributed by atoms with Crippen molar-refractivity contribution in [2.75, 3.05) is 16.8 Å². The Balaban J connectivity index is 1.75. The van der Waals surface area contributed by atoms with Gasteiger partial charge in [0.15, 0.2) is 23.3 Å². The third-order valence-corrected chi connectivity index (χ3v) is 3.73. The average Bonchev–Trinajstić information content (AvgIpc) is 2.67. The first-order valence-electron chi connectivity index (χ1n) is 8.01. The molecule has 3 aromatic rings. The van der Waals surface area contributed by atoms with E-state index in [9.17, 15) is 13.6 Å². The monoisotopic (exact) mass is 354 g/mol. The molecule has 0 aliphatic rings. The minimum atomic E-state index is -1.08. The zero-order valence-corrected chi connectivity index (χ0v) is 14.0. The van der Waals surface area contributed by atoms with Gasteiger partial charge in [0.1, 0.15) is 0 Å². The Morgan fingerprint density at radius 3 is 2.38 bits per heavy atom. The van der Waals surface area contributed by atoms with E-state index in [1.54, 1.807) is 12.1 Å². The maximum Gasteiger partial charge on any atom is 0.256 e. The topological polar surface area (TPSA) is 58.1 Å². The molecule has 26 heavy (non-hydrogen) atoms. The molecule has 5 nitrogen and oxygen atoms in total. The largest absolute Gasteiger partial charge is 0.325 e. The molecule has 7 heteroatoms. The molecule has 2 aromatic carbocycles. The lowest BCUT2D eigenvalue weighted by Gasteiger charge is -2.21. The van der Waals surface area contributed by atoms with Crippen molar-refractivity contribution in [3.05, 3.63) is 77.9 Å². The molecule has 0 spiro atoms. The van der Waals surface area contributed by atoms with Crippen LogP contribution in [0.1, 0.15) is 17.3 Å². The van der Waals surface area contributed by atoms with Gasteiger partial charge in [-0.1, -0.05) is 18.2 Å². The van der Waals surface area contributed by atoms with E-state index in [4.69, 9.17) is 0 Å². The number of para-hydroxylation sites is 1. The van der Waals surface area contributed by atoms with Crippen LogP contribution in [-0.2, 0) is 0 Å². The highest BCUT2D eigenvalue weighted by atomic mass is 19.2. The van der Waals surface area contributed by atoms with Gasteiger partial charge in [0, 0.05) is 17.8 Å². The lowest BCUT2D eigenvalue weighted by atomic mass is 10.2. The first-order valence-corrected chi connectivity index (χ1v) is 8.01. The lowest BCUT2D eigenvalue weighted by Crippen LogP contribution is -2.19. The molecule has 0 radical (unpaired) electrons. The van der Waals surface area contributed by atoms with E-state index in [0.717, 1.165) is 17.8 Å². The molecule has 0 saturated carbocycles. The molecule has 0 fully saturated rings. The van der Waals surface area contributed by atoms with Crippen molar-refractivity contribution in [2.45, 2.75) is 6.92 Å². The van der Waals surface area contributed by atoms with Gasteiger partial charge in [-0.25, -0.2) is 8.78 Å². The number of carbonyl (C=O) groups is 1. The van der Waals surface area contributed by atoms with Crippen LogP contribution in [0.5, 0.6) is 0 Å². The summed E-state index contributed by atoms with van der Waals surface area (Å²) in [5.41, 5.74) is 0.970. The van der Waals surface area contributed by atoms with E-state index >= 15 is 0 Å². The number of aromatic nitrogens is 2.